The Kier molecular flexibility index (Phi) is 7.57. The molecule has 6 heteroatoms. The number of aliphatic hydroxyl groups excluding tert-OH is 1. The molecule has 2 aromatic carbocycles. The van der Waals surface area contributed by atoms with Crippen LogP contribution in [-0.2, 0) is 9.59 Å². The topological polar surface area (TPSA) is 76.1 Å². The van der Waals surface area contributed by atoms with Crippen LogP contribution in [-0.4, -0.2) is 41.5 Å². The van der Waals surface area contributed by atoms with Crippen LogP contribution < -0.4 is 9.47 Å². The van der Waals surface area contributed by atoms with Gasteiger partial charge in [0.15, 0.2) is 0 Å². The van der Waals surface area contributed by atoms with Crippen LogP contribution in [0.15, 0.2) is 48.0 Å². The maximum absolute atomic E-state index is 13.0. The fourth-order valence-corrected chi connectivity index (χ4v) is 3.96. The Morgan fingerprint density at radius 3 is 2.47 bits per heavy atom. The van der Waals surface area contributed by atoms with Crippen LogP contribution >= 0.6 is 0 Å². The highest BCUT2D eigenvalue weighted by Gasteiger charge is 2.45. The lowest BCUT2D eigenvalue weighted by molar-refractivity contribution is -0.139. The highest BCUT2D eigenvalue weighted by molar-refractivity contribution is 6.46. The Balaban J connectivity index is 2.12. The van der Waals surface area contributed by atoms with Crippen LogP contribution in [0.25, 0.3) is 5.76 Å². The van der Waals surface area contributed by atoms with Crippen molar-refractivity contribution in [2.45, 2.75) is 46.6 Å². The number of benzene rings is 2. The molecule has 32 heavy (non-hydrogen) atoms. The van der Waals surface area contributed by atoms with E-state index in [1.54, 1.807) is 18.2 Å². The summed E-state index contributed by atoms with van der Waals surface area (Å²) in [5.74, 6) is -0.0672. The zero-order valence-corrected chi connectivity index (χ0v) is 19.2. The third kappa shape index (κ3) is 4.64. The first-order valence-electron chi connectivity index (χ1n) is 11.2. The predicted octanol–water partition coefficient (Wildman–Crippen LogP) is 5.01. The molecule has 1 N–H and O–H groups in total. The molecule has 1 fully saturated rings. The van der Waals surface area contributed by atoms with Crippen LogP contribution in [0.1, 0.15) is 56.3 Å². The summed E-state index contributed by atoms with van der Waals surface area (Å²) in [6, 6.07) is 12.0. The van der Waals surface area contributed by atoms with Crippen LogP contribution in [0.2, 0.25) is 0 Å². The van der Waals surface area contributed by atoms with Crippen molar-refractivity contribution in [1.29, 1.82) is 0 Å². The second-order valence-electron chi connectivity index (χ2n) is 7.83. The van der Waals surface area contributed by atoms with Gasteiger partial charge < -0.3 is 19.5 Å². The Hall–Kier alpha value is -3.28. The van der Waals surface area contributed by atoms with Crippen LogP contribution in [0.4, 0.5) is 0 Å². The number of hydrogen-bond acceptors (Lipinski definition) is 5. The molecular formula is C26H31NO5. The number of amides is 1. The molecule has 3 rings (SSSR count). The molecule has 0 spiro atoms. The minimum Gasteiger partial charge on any atom is -0.507 e. The molecule has 6 nitrogen and oxygen atoms in total. The molecule has 1 aliphatic rings. The minimum absolute atomic E-state index is 0.0969. The summed E-state index contributed by atoms with van der Waals surface area (Å²) >= 11 is 0. The summed E-state index contributed by atoms with van der Waals surface area (Å²) < 4.78 is 11.3. The number of aliphatic hydroxyl groups is 1. The third-order valence-corrected chi connectivity index (χ3v) is 5.40. The van der Waals surface area contributed by atoms with Gasteiger partial charge in [0, 0.05) is 12.1 Å². The van der Waals surface area contributed by atoms with Crippen LogP contribution in [0, 0.1) is 6.92 Å². The lowest BCUT2D eigenvalue weighted by atomic mass is 9.94. The van der Waals surface area contributed by atoms with Crippen LogP contribution in [0.5, 0.6) is 11.5 Å². The Bertz CT molecular complexity index is 1030. The quantitative estimate of drug-likeness (QED) is 0.339. The van der Waals surface area contributed by atoms with Crippen molar-refractivity contribution < 1.29 is 24.2 Å². The van der Waals surface area contributed by atoms with E-state index in [0.29, 0.717) is 43.2 Å². The third-order valence-electron chi connectivity index (χ3n) is 5.40. The normalized spacial score (nSPS) is 17.6. The number of rotatable bonds is 9. The zero-order valence-electron chi connectivity index (χ0n) is 19.2. The van der Waals surface area contributed by atoms with Gasteiger partial charge in [0.05, 0.1) is 24.8 Å². The largest absolute Gasteiger partial charge is 0.507 e. The molecular weight excluding hydrogens is 406 g/mol. The van der Waals surface area contributed by atoms with Gasteiger partial charge in [-0.2, -0.15) is 0 Å². The van der Waals surface area contributed by atoms with E-state index in [1.165, 1.54) is 4.90 Å². The summed E-state index contributed by atoms with van der Waals surface area (Å²) in [5, 5.41) is 11.2. The highest BCUT2D eigenvalue weighted by atomic mass is 16.5. The van der Waals surface area contributed by atoms with E-state index < -0.39 is 17.7 Å². The van der Waals surface area contributed by atoms with Gasteiger partial charge in [-0.1, -0.05) is 26.0 Å². The number of carbonyl (C=O) groups excluding carboxylic acids is 2. The molecule has 0 saturated carbocycles. The SMILES string of the molecule is CCCOc1cccc(C2/C(=C(\O)c3ccc(OCC)c(C)c3)C(=O)C(=O)N2CCC)c1. The van der Waals surface area contributed by atoms with Gasteiger partial charge in [-0.25, -0.2) is 0 Å². The second kappa shape index (κ2) is 10.4. The van der Waals surface area contributed by atoms with E-state index in [4.69, 9.17) is 9.47 Å². The van der Waals surface area contributed by atoms with Gasteiger partial charge in [-0.3, -0.25) is 9.59 Å². The molecule has 1 aliphatic heterocycles. The Morgan fingerprint density at radius 2 is 1.81 bits per heavy atom. The van der Waals surface area contributed by atoms with E-state index in [0.717, 1.165) is 17.5 Å². The molecule has 0 aromatic heterocycles. The van der Waals surface area contributed by atoms with E-state index in [1.807, 2.05) is 52.0 Å². The smallest absolute Gasteiger partial charge is 0.295 e. The highest BCUT2D eigenvalue weighted by Crippen LogP contribution is 2.40. The molecule has 170 valence electrons. The van der Waals surface area contributed by atoms with Gasteiger partial charge >= 0.3 is 0 Å². The summed E-state index contributed by atoms with van der Waals surface area (Å²) in [4.78, 5) is 27.4. The summed E-state index contributed by atoms with van der Waals surface area (Å²) in [7, 11) is 0. The molecule has 0 aliphatic carbocycles. The van der Waals surface area contributed by atoms with Gasteiger partial charge in [0.1, 0.15) is 17.3 Å². The molecule has 1 saturated heterocycles. The molecule has 0 radical (unpaired) electrons. The van der Waals surface area contributed by atoms with Crippen molar-refractivity contribution in [1.82, 2.24) is 4.90 Å². The zero-order chi connectivity index (χ0) is 23.3. The number of likely N-dealkylation sites (tertiary alicyclic amines) is 1. The maximum Gasteiger partial charge on any atom is 0.295 e. The summed E-state index contributed by atoms with van der Waals surface area (Å²) in [5.41, 5.74) is 2.14. The molecule has 0 bridgehead atoms. The number of Topliss-reactive ketones (excluding diaryl/α,β-unsaturated/α-hetero) is 1. The molecule has 1 unspecified atom stereocenters. The predicted molar refractivity (Wildman–Crippen MR) is 124 cm³/mol. The van der Waals surface area contributed by atoms with Crippen molar-refractivity contribution in [3.63, 3.8) is 0 Å². The molecule has 1 amide bonds. The van der Waals surface area contributed by atoms with Gasteiger partial charge in [-0.05, 0) is 68.1 Å². The van der Waals surface area contributed by atoms with Crippen molar-refractivity contribution >= 4 is 17.4 Å². The molecule has 2 aromatic rings. The van der Waals surface area contributed by atoms with E-state index in [-0.39, 0.29) is 11.3 Å². The van der Waals surface area contributed by atoms with E-state index >= 15 is 0 Å². The summed E-state index contributed by atoms with van der Waals surface area (Å²) in [6.45, 7) is 9.28. The number of ketones is 1. The van der Waals surface area contributed by atoms with Gasteiger partial charge in [0.25, 0.3) is 11.7 Å². The first-order valence-corrected chi connectivity index (χ1v) is 11.2. The average Bonchev–Trinajstić information content (AvgIpc) is 3.04. The number of ether oxygens (including phenoxy) is 2. The second-order valence-corrected chi connectivity index (χ2v) is 7.83. The number of nitrogens with zero attached hydrogens (tertiary/aromatic N) is 1. The lowest BCUT2D eigenvalue weighted by Gasteiger charge is -2.25. The monoisotopic (exact) mass is 437 g/mol. The van der Waals surface area contributed by atoms with Gasteiger partial charge in [0.2, 0.25) is 0 Å². The standard InChI is InChI=1S/C26H31NO5/c1-5-13-27-23(18-9-8-10-20(16-18)32-14-6-2)22(25(29)26(27)30)24(28)19-11-12-21(31-7-3)17(4)15-19/h8-12,15-16,23,28H,5-7,13-14H2,1-4H3/b24-22+. The first-order chi connectivity index (χ1) is 15.4. The molecule has 1 atom stereocenters. The molecule has 1 heterocycles. The average molecular weight is 438 g/mol. The van der Waals surface area contributed by atoms with Crippen LogP contribution in [0.3, 0.4) is 0 Å². The Labute approximate surface area is 189 Å². The maximum atomic E-state index is 13.0. The van der Waals surface area contributed by atoms with Crippen molar-refractivity contribution in [2.24, 2.45) is 0 Å². The first kappa shape index (κ1) is 23.4. The minimum atomic E-state index is -0.674. The van der Waals surface area contributed by atoms with Crippen molar-refractivity contribution in [3.8, 4) is 11.5 Å². The van der Waals surface area contributed by atoms with Crippen molar-refractivity contribution in [2.75, 3.05) is 19.8 Å². The Morgan fingerprint density at radius 1 is 1.03 bits per heavy atom. The van der Waals surface area contributed by atoms with Gasteiger partial charge in [-0.15, -0.1) is 0 Å². The number of hydrogen-bond donors (Lipinski definition) is 1. The van der Waals surface area contributed by atoms with E-state index in [2.05, 4.69) is 0 Å². The summed E-state index contributed by atoms with van der Waals surface area (Å²) in [6.07, 6.45) is 1.56. The number of carbonyl (C=O) groups is 2. The fraction of sp³-hybridized carbons (Fsp3) is 0.385. The number of aryl methyl sites for hydroxylation is 1. The lowest BCUT2D eigenvalue weighted by Crippen LogP contribution is -2.30. The van der Waals surface area contributed by atoms with E-state index in [9.17, 15) is 14.7 Å². The van der Waals surface area contributed by atoms with Crippen molar-refractivity contribution in [3.05, 3.63) is 64.7 Å². The fourth-order valence-electron chi connectivity index (χ4n) is 3.96.